The summed E-state index contributed by atoms with van der Waals surface area (Å²) < 4.78 is 0. The first kappa shape index (κ1) is 9.24. The van der Waals surface area contributed by atoms with Gasteiger partial charge in [0.1, 0.15) is 0 Å². The third kappa shape index (κ3) is 1.01. The first-order valence-electron chi connectivity index (χ1n) is 6.45. The van der Waals surface area contributed by atoms with Gasteiger partial charge in [0.15, 0.2) is 0 Å². The molecule has 0 spiro atoms. The molecule has 0 heteroatoms. The van der Waals surface area contributed by atoms with Gasteiger partial charge in [-0.05, 0) is 60.2 Å². The lowest BCUT2D eigenvalue weighted by molar-refractivity contribution is 0.135. The molecule has 0 aromatic rings. The Morgan fingerprint density at radius 1 is 1.14 bits per heavy atom. The van der Waals surface area contributed by atoms with E-state index in [2.05, 4.69) is 27.7 Å². The normalized spacial score (nSPS) is 58.3. The standard InChI is InChI=1S/C14H24/c1-9-5-10(9)6-11-7-12-8-14(12,4)13(11,2)3/h9-12H,5-8H2,1-4H3. The van der Waals surface area contributed by atoms with Crippen molar-refractivity contribution in [3.05, 3.63) is 0 Å². The maximum absolute atomic E-state index is 2.54. The molecule has 0 heterocycles. The number of rotatable bonds is 2. The molecular weight excluding hydrogens is 168 g/mol. The number of hydrogen-bond acceptors (Lipinski definition) is 0. The largest absolute Gasteiger partial charge is 0.0622 e. The lowest BCUT2D eigenvalue weighted by Gasteiger charge is -2.35. The molecule has 0 aromatic heterocycles. The molecule has 3 aliphatic rings. The minimum atomic E-state index is 0.639. The molecule has 3 aliphatic carbocycles. The van der Waals surface area contributed by atoms with E-state index in [0.29, 0.717) is 5.41 Å². The van der Waals surface area contributed by atoms with Crippen molar-refractivity contribution in [2.24, 2.45) is 34.5 Å². The fourth-order valence-electron chi connectivity index (χ4n) is 4.17. The molecule has 5 atom stereocenters. The Bertz CT molecular complexity index is 265. The van der Waals surface area contributed by atoms with Gasteiger partial charge in [0, 0.05) is 0 Å². The molecule has 0 aliphatic heterocycles. The summed E-state index contributed by atoms with van der Waals surface area (Å²) in [4.78, 5) is 0. The fourth-order valence-corrected chi connectivity index (χ4v) is 4.17. The van der Waals surface area contributed by atoms with Crippen LogP contribution in [-0.2, 0) is 0 Å². The second kappa shape index (κ2) is 2.39. The molecule has 3 rings (SSSR count). The molecular formula is C14H24. The first-order chi connectivity index (χ1) is 6.45. The van der Waals surface area contributed by atoms with Gasteiger partial charge in [0.25, 0.3) is 0 Å². The van der Waals surface area contributed by atoms with E-state index in [4.69, 9.17) is 0 Å². The summed E-state index contributed by atoms with van der Waals surface area (Å²) in [6.07, 6.45) is 6.14. The molecule has 0 nitrogen and oxygen atoms in total. The van der Waals surface area contributed by atoms with E-state index < -0.39 is 0 Å². The first-order valence-corrected chi connectivity index (χ1v) is 6.45. The Morgan fingerprint density at radius 2 is 1.79 bits per heavy atom. The zero-order chi connectivity index (χ0) is 10.1. The monoisotopic (exact) mass is 192 g/mol. The lowest BCUT2D eigenvalue weighted by atomic mass is 9.69. The van der Waals surface area contributed by atoms with Gasteiger partial charge in [0.05, 0.1) is 0 Å². The van der Waals surface area contributed by atoms with E-state index in [9.17, 15) is 0 Å². The highest BCUT2D eigenvalue weighted by molar-refractivity contribution is 5.16. The molecule has 0 bridgehead atoms. The van der Waals surface area contributed by atoms with E-state index in [0.717, 1.165) is 29.1 Å². The van der Waals surface area contributed by atoms with Crippen molar-refractivity contribution in [2.45, 2.75) is 53.4 Å². The smallest absolute Gasteiger partial charge is 0.0240 e. The van der Waals surface area contributed by atoms with Gasteiger partial charge in [-0.1, -0.05) is 27.7 Å². The number of fused-ring (bicyclic) bond motifs is 1. The predicted molar refractivity (Wildman–Crippen MR) is 60.0 cm³/mol. The lowest BCUT2D eigenvalue weighted by Crippen LogP contribution is -2.28. The average Bonchev–Trinajstić information content (AvgIpc) is 2.91. The summed E-state index contributed by atoms with van der Waals surface area (Å²) in [5.41, 5.74) is 1.37. The van der Waals surface area contributed by atoms with Crippen molar-refractivity contribution in [2.75, 3.05) is 0 Å². The maximum atomic E-state index is 2.54. The van der Waals surface area contributed by atoms with Crippen molar-refractivity contribution in [1.82, 2.24) is 0 Å². The predicted octanol–water partition coefficient (Wildman–Crippen LogP) is 4.10. The van der Waals surface area contributed by atoms with Gasteiger partial charge < -0.3 is 0 Å². The van der Waals surface area contributed by atoms with Crippen LogP contribution in [0.4, 0.5) is 0 Å². The van der Waals surface area contributed by atoms with Crippen molar-refractivity contribution in [3.8, 4) is 0 Å². The topological polar surface area (TPSA) is 0 Å². The third-order valence-electron chi connectivity index (χ3n) is 6.34. The summed E-state index contributed by atoms with van der Waals surface area (Å²) in [6.45, 7) is 10.0. The maximum Gasteiger partial charge on any atom is -0.0240 e. The van der Waals surface area contributed by atoms with Crippen LogP contribution in [0.5, 0.6) is 0 Å². The molecule has 0 radical (unpaired) electrons. The van der Waals surface area contributed by atoms with Crippen molar-refractivity contribution in [3.63, 3.8) is 0 Å². The molecule has 3 saturated carbocycles. The van der Waals surface area contributed by atoms with E-state index in [1.54, 1.807) is 12.8 Å². The van der Waals surface area contributed by atoms with Gasteiger partial charge >= 0.3 is 0 Å². The highest BCUT2D eigenvalue weighted by Gasteiger charge is 2.67. The van der Waals surface area contributed by atoms with Crippen LogP contribution in [0.15, 0.2) is 0 Å². The summed E-state index contributed by atoms with van der Waals surface area (Å²) in [6, 6.07) is 0. The molecule has 5 unspecified atom stereocenters. The minimum Gasteiger partial charge on any atom is -0.0622 e. The Morgan fingerprint density at radius 3 is 2.21 bits per heavy atom. The van der Waals surface area contributed by atoms with Crippen LogP contribution in [-0.4, -0.2) is 0 Å². The van der Waals surface area contributed by atoms with E-state index >= 15 is 0 Å². The quantitative estimate of drug-likeness (QED) is 0.618. The highest BCUT2D eigenvalue weighted by Crippen LogP contribution is 2.75. The molecule has 0 aromatic carbocycles. The summed E-state index contributed by atoms with van der Waals surface area (Å²) in [5, 5.41) is 0. The Kier molecular flexibility index (Phi) is 1.58. The average molecular weight is 192 g/mol. The van der Waals surface area contributed by atoms with Crippen molar-refractivity contribution >= 4 is 0 Å². The Labute approximate surface area is 88.5 Å². The molecule has 3 fully saturated rings. The fraction of sp³-hybridized carbons (Fsp3) is 1.00. The Hall–Kier alpha value is 0. The van der Waals surface area contributed by atoms with Crippen molar-refractivity contribution < 1.29 is 0 Å². The SMILES string of the molecule is CC1CC1CC1CC2CC2(C)C1(C)C. The summed E-state index contributed by atoms with van der Waals surface area (Å²) in [7, 11) is 0. The zero-order valence-corrected chi connectivity index (χ0v) is 10.1. The van der Waals surface area contributed by atoms with E-state index in [1.165, 1.54) is 12.8 Å². The number of hydrogen-bond donors (Lipinski definition) is 0. The van der Waals surface area contributed by atoms with Gasteiger partial charge in [0.2, 0.25) is 0 Å². The highest BCUT2D eigenvalue weighted by atomic mass is 14.7. The van der Waals surface area contributed by atoms with Crippen LogP contribution < -0.4 is 0 Å². The summed E-state index contributed by atoms with van der Waals surface area (Å²) >= 11 is 0. The molecule has 0 amide bonds. The molecule has 80 valence electrons. The van der Waals surface area contributed by atoms with Crippen molar-refractivity contribution in [1.29, 1.82) is 0 Å². The van der Waals surface area contributed by atoms with E-state index in [-0.39, 0.29) is 0 Å². The summed E-state index contributed by atoms with van der Waals surface area (Å²) in [5.74, 6) is 4.29. The van der Waals surface area contributed by atoms with Gasteiger partial charge in [-0.2, -0.15) is 0 Å². The molecule has 0 N–H and O–H groups in total. The van der Waals surface area contributed by atoms with Gasteiger partial charge in [-0.3, -0.25) is 0 Å². The van der Waals surface area contributed by atoms with Crippen LogP contribution in [0.1, 0.15) is 53.4 Å². The second-order valence-corrected chi connectivity index (χ2v) is 7.18. The van der Waals surface area contributed by atoms with Crippen LogP contribution in [0, 0.1) is 34.5 Å². The van der Waals surface area contributed by atoms with Crippen LogP contribution in [0.25, 0.3) is 0 Å². The van der Waals surface area contributed by atoms with Crippen LogP contribution in [0.3, 0.4) is 0 Å². The van der Waals surface area contributed by atoms with Crippen LogP contribution >= 0.6 is 0 Å². The van der Waals surface area contributed by atoms with Gasteiger partial charge in [-0.15, -0.1) is 0 Å². The van der Waals surface area contributed by atoms with Crippen LogP contribution in [0.2, 0.25) is 0 Å². The minimum absolute atomic E-state index is 0.639. The third-order valence-corrected chi connectivity index (χ3v) is 6.34. The molecule has 14 heavy (non-hydrogen) atoms. The molecule has 0 saturated heterocycles. The zero-order valence-electron chi connectivity index (χ0n) is 10.1. The Balaban J connectivity index is 1.71. The van der Waals surface area contributed by atoms with Gasteiger partial charge in [-0.25, -0.2) is 0 Å². The second-order valence-electron chi connectivity index (χ2n) is 7.18. The van der Waals surface area contributed by atoms with E-state index in [1.807, 2.05) is 0 Å².